The molecule has 1 N–H and O–H groups in total. The fraction of sp³-hybridized carbons (Fsp3) is 0.917. The third-order valence-corrected chi connectivity index (χ3v) is 3.55. The van der Waals surface area contributed by atoms with Crippen LogP contribution in [0.15, 0.2) is 0 Å². The van der Waals surface area contributed by atoms with E-state index in [0.29, 0.717) is 24.7 Å². The maximum atomic E-state index is 11.9. The van der Waals surface area contributed by atoms with Crippen molar-refractivity contribution in [1.82, 2.24) is 5.32 Å². The van der Waals surface area contributed by atoms with Crippen molar-refractivity contribution in [3.63, 3.8) is 0 Å². The Bertz CT molecular complexity index is 255. The van der Waals surface area contributed by atoms with Crippen molar-refractivity contribution in [2.24, 2.45) is 17.8 Å². The number of alkyl halides is 3. The zero-order valence-corrected chi connectivity index (χ0v) is 10.3. The monoisotopic (exact) mass is 251 g/mol. The van der Waals surface area contributed by atoms with Crippen LogP contribution in [0.3, 0.4) is 0 Å². The molecule has 1 aliphatic rings. The van der Waals surface area contributed by atoms with Crippen molar-refractivity contribution in [3.8, 4) is 0 Å². The fourth-order valence-corrected chi connectivity index (χ4v) is 2.38. The normalized spacial score (nSPS) is 26.0. The summed E-state index contributed by atoms with van der Waals surface area (Å²) in [5.74, 6) is 0.535. The Morgan fingerprint density at radius 3 is 2.18 bits per heavy atom. The first-order valence-electron chi connectivity index (χ1n) is 6.14. The molecule has 17 heavy (non-hydrogen) atoms. The van der Waals surface area contributed by atoms with Crippen LogP contribution in [0.1, 0.15) is 39.5 Å². The summed E-state index contributed by atoms with van der Waals surface area (Å²) in [5, 5.41) is 1.97. The van der Waals surface area contributed by atoms with Gasteiger partial charge in [0.2, 0.25) is 5.91 Å². The summed E-state index contributed by atoms with van der Waals surface area (Å²) in [6.45, 7) is 3.08. The van der Waals surface area contributed by atoms with Gasteiger partial charge in [0.05, 0.1) is 0 Å². The van der Waals surface area contributed by atoms with E-state index in [1.54, 1.807) is 0 Å². The molecule has 2 nitrogen and oxygen atoms in total. The van der Waals surface area contributed by atoms with Crippen LogP contribution in [0.4, 0.5) is 13.2 Å². The van der Waals surface area contributed by atoms with Gasteiger partial charge in [0.1, 0.15) is 6.54 Å². The van der Waals surface area contributed by atoms with Crippen LogP contribution in [-0.4, -0.2) is 18.6 Å². The zero-order valence-electron chi connectivity index (χ0n) is 10.3. The van der Waals surface area contributed by atoms with E-state index in [-0.39, 0.29) is 5.92 Å². The summed E-state index contributed by atoms with van der Waals surface area (Å²) in [4.78, 5) is 11.5. The third-order valence-electron chi connectivity index (χ3n) is 3.55. The van der Waals surface area contributed by atoms with Crippen LogP contribution in [0.2, 0.25) is 0 Å². The smallest absolute Gasteiger partial charge is 0.347 e. The number of hydrogen-bond acceptors (Lipinski definition) is 1. The first-order chi connectivity index (χ1) is 7.79. The summed E-state index contributed by atoms with van der Waals surface area (Å²) >= 11 is 0. The molecule has 1 amide bonds. The Kier molecular flexibility index (Phi) is 4.83. The number of rotatable bonds is 3. The number of nitrogens with one attached hydrogen (secondary N) is 1. The van der Waals surface area contributed by atoms with Crippen molar-refractivity contribution >= 4 is 5.91 Å². The van der Waals surface area contributed by atoms with E-state index in [1.165, 1.54) is 0 Å². The lowest BCUT2D eigenvalue weighted by molar-refractivity contribution is -0.141. The second kappa shape index (κ2) is 5.74. The molecule has 1 aliphatic carbocycles. The van der Waals surface area contributed by atoms with Gasteiger partial charge >= 0.3 is 6.18 Å². The average molecular weight is 251 g/mol. The highest BCUT2D eigenvalue weighted by Crippen LogP contribution is 2.33. The van der Waals surface area contributed by atoms with Crippen molar-refractivity contribution in [3.05, 3.63) is 0 Å². The Morgan fingerprint density at radius 2 is 1.76 bits per heavy atom. The molecule has 1 fully saturated rings. The highest BCUT2D eigenvalue weighted by atomic mass is 19.4. The average Bonchev–Trinajstić information content (AvgIpc) is 2.25. The number of hydrogen-bond donors (Lipinski definition) is 1. The molecule has 0 aromatic rings. The van der Waals surface area contributed by atoms with Gasteiger partial charge in [-0.05, 0) is 37.5 Å². The molecule has 0 aromatic carbocycles. The minimum atomic E-state index is -4.31. The molecule has 100 valence electrons. The predicted molar refractivity (Wildman–Crippen MR) is 59.4 cm³/mol. The van der Waals surface area contributed by atoms with Crippen LogP contribution in [0.25, 0.3) is 0 Å². The number of carbonyl (C=O) groups is 1. The van der Waals surface area contributed by atoms with Gasteiger partial charge in [-0.25, -0.2) is 0 Å². The molecule has 0 aromatic heterocycles. The highest BCUT2D eigenvalue weighted by molar-refractivity contribution is 5.78. The van der Waals surface area contributed by atoms with Crippen LogP contribution >= 0.6 is 0 Å². The molecule has 0 saturated heterocycles. The largest absolute Gasteiger partial charge is 0.405 e. The SMILES string of the molecule is CC(C)C1CCC(C(=O)NCC(F)(F)F)CC1. The van der Waals surface area contributed by atoms with E-state index in [0.717, 1.165) is 12.8 Å². The van der Waals surface area contributed by atoms with Gasteiger partial charge in [0.25, 0.3) is 0 Å². The minimum absolute atomic E-state index is 0.229. The van der Waals surface area contributed by atoms with Gasteiger partial charge in [-0.15, -0.1) is 0 Å². The van der Waals surface area contributed by atoms with E-state index < -0.39 is 18.6 Å². The Morgan fingerprint density at radius 1 is 1.24 bits per heavy atom. The Balaban J connectivity index is 2.31. The van der Waals surface area contributed by atoms with Gasteiger partial charge < -0.3 is 5.32 Å². The molecule has 5 heteroatoms. The molecule has 0 radical (unpaired) electrons. The Labute approximate surface area is 100.0 Å². The van der Waals surface area contributed by atoms with Crippen LogP contribution in [0.5, 0.6) is 0 Å². The molecule has 1 rings (SSSR count). The fourth-order valence-electron chi connectivity index (χ4n) is 2.38. The van der Waals surface area contributed by atoms with Crippen molar-refractivity contribution in [2.75, 3.05) is 6.54 Å². The number of carbonyl (C=O) groups excluding carboxylic acids is 1. The molecule has 0 heterocycles. The summed E-state index contributed by atoms with van der Waals surface area (Å²) in [7, 11) is 0. The second-order valence-corrected chi connectivity index (χ2v) is 5.19. The number of amides is 1. The first-order valence-corrected chi connectivity index (χ1v) is 6.14. The molecular formula is C12H20F3NO. The van der Waals surface area contributed by atoms with E-state index in [2.05, 4.69) is 13.8 Å². The van der Waals surface area contributed by atoms with Gasteiger partial charge in [-0.2, -0.15) is 13.2 Å². The maximum absolute atomic E-state index is 11.9. The maximum Gasteiger partial charge on any atom is 0.405 e. The molecule has 0 atom stereocenters. The molecule has 0 spiro atoms. The standard InChI is InChI=1S/C12H20F3NO/c1-8(2)9-3-5-10(6-4-9)11(17)16-7-12(13,14)15/h8-10H,3-7H2,1-2H3,(H,16,17). The van der Waals surface area contributed by atoms with Crippen molar-refractivity contribution < 1.29 is 18.0 Å². The lowest BCUT2D eigenvalue weighted by Crippen LogP contribution is -2.39. The first kappa shape index (κ1) is 14.3. The van der Waals surface area contributed by atoms with Gasteiger partial charge in [0.15, 0.2) is 0 Å². The van der Waals surface area contributed by atoms with Crippen molar-refractivity contribution in [2.45, 2.75) is 45.7 Å². The summed E-state index contributed by atoms with van der Waals surface area (Å²) in [6.07, 6.45) is -0.993. The van der Waals surface area contributed by atoms with E-state index in [9.17, 15) is 18.0 Å². The van der Waals surface area contributed by atoms with E-state index >= 15 is 0 Å². The van der Waals surface area contributed by atoms with Gasteiger partial charge in [0, 0.05) is 5.92 Å². The van der Waals surface area contributed by atoms with Crippen LogP contribution in [0, 0.1) is 17.8 Å². The van der Waals surface area contributed by atoms with Gasteiger partial charge in [-0.3, -0.25) is 4.79 Å². The molecular weight excluding hydrogens is 231 g/mol. The second-order valence-electron chi connectivity index (χ2n) is 5.19. The summed E-state index contributed by atoms with van der Waals surface area (Å²) in [5.41, 5.74) is 0. The highest BCUT2D eigenvalue weighted by Gasteiger charge is 2.31. The Hall–Kier alpha value is -0.740. The summed E-state index contributed by atoms with van der Waals surface area (Å²) in [6, 6.07) is 0. The van der Waals surface area contributed by atoms with E-state index in [4.69, 9.17) is 0 Å². The minimum Gasteiger partial charge on any atom is -0.347 e. The summed E-state index contributed by atoms with van der Waals surface area (Å²) < 4.78 is 35.8. The molecule has 0 aliphatic heterocycles. The lowest BCUT2D eigenvalue weighted by Gasteiger charge is -2.30. The number of halogens is 3. The van der Waals surface area contributed by atoms with E-state index in [1.807, 2.05) is 5.32 Å². The van der Waals surface area contributed by atoms with Gasteiger partial charge in [-0.1, -0.05) is 13.8 Å². The predicted octanol–water partition coefficient (Wildman–Crippen LogP) is 3.13. The molecule has 1 saturated carbocycles. The van der Waals surface area contributed by atoms with Crippen molar-refractivity contribution in [1.29, 1.82) is 0 Å². The molecule has 0 bridgehead atoms. The topological polar surface area (TPSA) is 29.1 Å². The molecule has 0 unspecified atom stereocenters. The van der Waals surface area contributed by atoms with Crippen LogP contribution < -0.4 is 5.32 Å². The van der Waals surface area contributed by atoms with Crippen LogP contribution in [-0.2, 0) is 4.79 Å². The zero-order chi connectivity index (χ0) is 13.1. The lowest BCUT2D eigenvalue weighted by atomic mass is 9.77. The quantitative estimate of drug-likeness (QED) is 0.820. The third kappa shape index (κ3) is 4.96.